The van der Waals surface area contributed by atoms with Gasteiger partial charge in [-0.1, -0.05) is 30.0 Å². The van der Waals surface area contributed by atoms with E-state index in [4.69, 9.17) is 0 Å². The van der Waals surface area contributed by atoms with Crippen LogP contribution in [0.2, 0.25) is 0 Å². The molecule has 9 heteroatoms. The summed E-state index contributed by atoms with van der Waals surface area (Å²) in [5.41, 5.74) is 0.806. The number of hydrogen-bond acceptors (Lipinski definition) is 7. The number of aromatic nitrogens is 4. The first-order valence-corrected chi connectivity index (χ1v) is 6.99. The van der Waals surface area contributed by atoms with Gasteiger partial charge in [0, 0.05) is 0 Å². The van der Waals surface area contributed by atoms with Crippen LogP contribution in [0.15, 0.2) is 35.5 Å². The van der Waals surface area contributed by atoms with E-state index >= 15 is 0 Å². The SMILES string of the molecule is COC(=O)CNC(=O)CSc1nnnn1-c1ccccc1. The Morgan fingerprint density at radius 2 is 2.10 bits per heavy atom. The molecule has 1 aromatic carbocycles. The highest BCUT2D eigenvalue weighted by atomic mass is 32.2. The van der Waals surface area contributed by atoms with Crippen molar-refractivity contribution in [2.24, 2.45) is 0 Å². The van der Waals surface area contributed by atoms with Crippen LogP contribution in [0.5, 0.6) is 0 Å². The van der Waals surface area contributed by atoms with E-state index in [1.165, 1.54) is 23.6 Å². The average molecular weight is 307 g/mol. The number of tetrazole rings is 1. The van der Waals surface area contributed by atoms with Gasteiger partial charge in [-0.15, -0.1) is 5.10 Å². The molecule has 0 spiro atoms. The third-order valence-electron chi connectivity index (χ3n) is 2.43. The lowest BCUT2D eigenvalue weighted by molar-refractivity contribution is -0.140. The number of nitrogens with zero attached hydrogens (tertiary/aromatic N) is 4. The second kappa shape index (κ2) is 7.39. The normalized spacial score (nSPS) is 10.1. The van der Waals surface area contributed by atoms with Crippen molar-refractivity contribution in [2.45, 2.75) is 5.16 Å². The van der Waals surface area contributed by atoms with E-state index in [2.05, 4.69) is 25.6 Å². The van der Waals surface area contributed by atoms with Crippen LogP contribution in [0.4, 0.5) is 0 Å². The summed E-state index contributed by atoms with van der Waals surface area (Å²) >= 11 is 1.18. The van der Waals surface area contributed by atoms with Crippen molar-refractivity contribution in [1.29, 1.82) is 0 Å². The molecule has 0 radical (unpaired) electrons. The monoisotopic (exact) mass is 307 g/mol. The number of methoxy groups -OCH3 is 1. The van der Waals surface area contributed by atoms with Gasteiger partial charge in [0.15, 0.2) is 0 Å². The number of ether oxygens (including phenoxy) is 1. The quantitative estimate of drug-likeness (QED) is 0.594. The first-order valence-electron chi connectivity index (χ1n) is 6.01. The zero-order valence-corrected chi connectivity index (χ0v) is 12.0. The molecule has 0 aliphatic heterocycles. The summed E-state index contributed by atoms with van der Waals surface area (Å²) in [6.45, 7) is -0.153. The molecule has 8 nitrogen and oxygen atoms in total. The molecule has 0 bridgehead atoms. The van der Waals surface area contributed by atoms with E-state index < -0.39 is 5.97 Å². The molecule has 2 aromatic rings. The van der Waals surface area contributed by atoms with Crippen molar-refractivity contribution in [3.8, 4) is 5.69 Å². The first-order chi connectivity index (χ1) is 10.2. The van der Waals surface area contributed by atoms with Gasteiger partial charge in [0.05, 0.1) is 18.6 Å². The Kier molecular flexibility index (Phi) is 5.27. The van der Waals surface area contributed by atoms with Crippen LogP contribution in [0.3, 0.4) is 0 Å². The van der Waals surface area contributed by atoms with E-state index in [0.717, 1.165) is 5.69 Å². The molecule has 0 fully saturated rings. The predicted octanol–water partition coefficient (Wildman–Crippen LogP) is 0.0436. The van der Waals surface area contributed by atoms with Crippen LogP contribution in [-0.2, 0) is 14.3 Å². The fraction of sp³-hybridized carbons (Fsp3) is 0.250. The van der Waals surface area contributed by atoms with Crippen LogP contribution < -0.4 is 5.32 Å². The molecule has 0 saturated heterocycles. The summed E-state index contributed by atoms with van der Waals surface area (Å²) < 4.78 is 5.97. The molecule has 1 N–H and O–H groups in total. The van der Waals surface area contributed by atoms with E-state index in [0.29, 0.717) is 5.16 Å². The number of thioether (sulfide) groups is 1. The molecule has 1 amide bonds. The number of rotatable bonds is 6. The second-order valence-electron chi connectivity index (χ2n) is 3.85. The molecule has 0 unspecified atom stereocenters. The van der Waals surface area contributed by atoms with Gasteiger partial charge >= 0.3 is 5.97 Å². The van der Waals surface area contributed by atoms with Gasteiger partial charge in [-0.05, 0) is 22.6 Å². The highest BCUT2D eigenvalue weighted by Crippen LogP contribution is 2.17. The number of hydrogen-bond donors (Lipinski definition) is 1. The van der Waals surface area contributed by atoms with Gasteiger partial charge in [-0.3, -0.25) is 9.59 Å². The number of amides is 1. The van der Waals surface area contributed by atoms with Crippen molar-refractivity contribution in [1.82, 2.24) is 25.5 Å². The summed E-state index contributed by atoms with van der Waals surface area (Å²) in [5.74, 6) is -0.694. The maximum Gasteiger partial charge on any atom is 0.325 e. The van der Waals surface area contributed by atoms with Gasteiger partial charge < -0.3 is 10.1 Å². The standard InChI is InChI=1S/C12H13N5O3S/c1-20-11(19)7-13-10(18)8-21-12-14-15-16-17(12)9-5-3-2-4-6-9/h2-6H,7-8H2,1H3,(H,13,18). The molecular weight excluding hydrogens is 294 g/mol. The molecule has 21 heavy (non-hydrogen) atoms. The average Bonchev–Trinajstić information content (AvgIpc) is 2.99. The Balaban J connectivity index is 1.91. The molecule has 0 atom stereocenters. The van der Waals surface area contributed by atoms with Crippen LogP contribution in [0, 0.1) is 0 Å². The van der Waals surface area contributed by atoms with Crippen LogP contribution >= 0.6 is 11.8 Å². The van der Waals surface area contributed by atoms with Gasteiger partial charge in [0.2, 0.25) is 11.1 Å². The van der Waals surface area contributed by atoms with E-state index in [1.54, 1.807) is 0 Å². The van der Waals surface area contributed by atoms with Gasteiger partial charge in [-0.25, -0.2) is 0 Å². The van der Waals surface area contributed by atoms with Crippen LogP contribution in [0.25, 0.3) is 5.69 Å². The van der Waals surface area contributed by atoms with Crippen molar-refractivity contribution in [3.63, 3.8) is 0 Å². The highest BCUT2D eigenvalue weighted by Gasteiger charge is 2.12. The third kappa shape index (κ3) is 4.28. The number of esters is 1. The first kappa shape index (κ1) is 15.0. The highest BCUT2D eigenvalue weighted by molar-refractivity contribution is 7.99. The molecule has 1 heterocycles. The van der Waals surface area contributed by atoms with Crippen LogP contribution in [-0.4, -0.2) is 51.5 Å². The summed E-state index contributed by atoms with van der Waals surface area (Å²) in [6.07, 6.45) is 0. The minimum Gasteiger partial charge on any atom is -0.468 e. The lowest BCUT2D eigenvalue weighted by Gasteiger charge is -2.04. The van der Waals surface area contributed by atoms with Crippen LogP contribution in [0.1, 0.15) is 0 Å². The Morgan fingerprint density at radius 1 is 1.33 bits per heavy atom. The minimum atomic E-state index is -0.498. The van der Waals surface area contributed by atoms with Crippen molar-refractivity contribution < 1.29 is 14.3 Å². The summed E-state index contributed by atoms with van der Waals surface area (Å²) in [4.78, 5) is 22.5. The smallest absolute Gasteiger partial charge is 0.325 e. The van der Waals surface area contributed by atoms with Gasteiger partial charge in [0.1, 0.15) is 6.54 Å². The van der Waals surface area contributed by atoms with Crippen molar-refractivity contribution >= 4 is 23.6 Å². The fourth-order valence-corrected chi connectivity index (χ4v) is 2.14. The van der Waals surface area contributed by atoms with Gasteiger partial charge in [-0.2, -0.15) is 4.68 Å². The molecule has 0 aliphatic rings. The topological polar surface area (TPSA) is 99.0 Å². The molecule has 0 saturated carbocycles. The lowest BCUT2D eigenvalue weighted by atomic mass is 10.3. The fourth-order valence-electron chi connectivity index (χ4n) is 1.42. The molecule has 2 rings (SSSR count). The molecule has 1 aromatic heterocycles. The van der Waals surface area contributed by atoms with Crippen molar-refractivity contribution in [2.75, 3.05) is 19.4 Å². The number of benzene rings is 1. The lowest BCUT2D eigenvalue weighted by Crippen LogP contribution is -2.31. The van der Waals surface area contributed by atoms with Crippen molar-refractivity contribution in [3.05, 3.63) is 30.3 Å². The maximum absolute atomic E-state index is 11.6. The number of carbonyl (C=O) groups is 2. The Bertz CT molecular complexity index is 616. The summed E-state index contributed by atoms with van der Waals surface area (Å²) in [7, 11) is 1.26. The number of para-hydroxylation sites is 1. The largest absolute Gasteiger partial charge is 0.468 e. The summed E-state index contributed by atoms with van der Waals surface area (Å²) in [5, 5.41) is 14.3. The molecule has 0 aliphatic carbocycles. The Hall–Kier alpha value is -2.42. The van der Waals surface area contributed by atoms with E-state index in [1.807, 2.05) is 30.3 Å². The summed E-state index contributed by atoms with van der Waals surface area (Å²) in [6, 6.07) is 9.35. The van der Waals surface area contributed by atoms with E-state index in [-0.39, 0.29) is 18.2 Å². The number of nitrogens with one attached hydrogen (secondary N) is 1. The molecular formula is C12H13N5O3S. The predicted molar refractivity (Wildman–Crippen MR) is 74.9 cm³/mol. The maximum atomic E-state index is 11.6. The Morgan fingerprint density at radius 3 is 2.81 bits per heavy atom. The zero-order chi connectivity index (χ0) is 15.1. The zero-order valence-electron chi connectivity index (χ0n) is 11.2. The third-order valence-corrected chi connectivity index (χ3v) is 3.35. The van der Waals surface area contributed by atoms with E-state index in [9.17, 15) is 9.59 Å². The second-order valence-corrected chi connectivity index (χ2v) is 4.79. The number of carbonyl (C=O) groups excluding carboxylic acids is 2. The minimum absolute atomic E-state index is 0.101. The Labute approximate surface area is 124 Å². The molecule has 110 valence electrons. The van der Waals surface area contributed by atoms with Gasteiger partial charge in [0.25, 0.3) is 0 Å².